The Hall–Kier alpha value is -2.23. The molecule has 2 aromatic carbocycles. The summed E-state index contributed by atoms with van der Waals surface area (Å²) in [7, 11) is 0. The van der Waals surface area contributed by atoms with Gasteiger partial charge in [0.25, 0.3) is 0 Å². The molecule has 0 saturated heterocycles. The number of halogens is 2. The molecule has 0 aliphatic rings. The maximum Gasteiger partial charge on any atom is 0.193 e. The van der Waals surface area contributed by atoms with Crippen LogP contribution in [0.1, 0.15) is 21.5 Å². The minimum atomic E-state index is -1.15. The smallest absolute Gasteiger partial charge is 0.193 e. The Morgan fingerprint density at radius 3 is 2.00 bits per heavy atom. The summed E-state index contributed by atoms with van der Waals surface area (Å²) in [6.07, 6.45) is 0. The third kappa shape index (κ3) is 2.22. The molecular formula is C14H10F2O2. The Balaban J connectivity index is 2.43. The molecule has 0 bridgehead atoms. The number of carbonyl (C=O) groups is 1. The van der Waals surface area contributed by atoms with Gasteiger partial charge in [0.2, 0.25) is 0 Å². The molecule has 0 saturated carbocycles. The second-order valence-corrected chi connectivity index (χ2v) is 3.98. The summed E-state index contributed by atoms with van der Waals surface area (Å²) in [5.41, 5.74) is 1.19. The summed E-state index contributed by atoms with van der Waals surface area (Å²) < 4.78 is 26.3. The van der Waals surface area contributed by atoms with Crippen molar-refractivity contribution in [2.24, 2.45) is 0 Å². The van der Waals surface area contributed by atoms with E-state index in [2.05, 4.69) is 0 Å². The van der Waals surface area contributed by atoms with Crippen molar-refractivity contribution in [1.29, 1.82) is 0 Å². The van der Waals surface area contributed by atoms with Crippen LogP contribution < -0.4 is 0 Å². The van der Waals surface area contributed by atoms with Gasteiger partial charge in [-0.25, -0.2) is 8.78 Å². The van der Waals surface area contributed by atoms with Gasteiger partial charge in [0.1, 0.15) is 0 Å². The molecule has 2 aromatic rings. The zero-order valence-electron chi connectivity index (χ0n) is 9.58. The summed E-state index contributed by atoms with van der Waals surface area (Å²) in [5, 5.41) is 8.96. The Morgan fingerprint density at radius 2 is 1.50 bits per heavy atom. The average molecular weight is 248 g/mol. The summed E-state index contributed by atoms with van der Waals surface area (Å²) in [6.45, 7) is 1.87. The summed E-state index contributed by atoms with van der Waals surface area (Å²) >= 11 is 0. The van der Waals surface area contributed by atoms with E-state index < -0.39 is 23.2 Å². The summed E-state index contributed by atoms with van der Waals surface area (Å²) in [5.74, 6) is -3.86. The van der Waals surface area contributed by atoms with E-state index in [0.717, 1.165) is 17.7 Å². The van der Waals surface area contributed by atoms with Gasteiger partial charge in [-0.3, -0.25) is 4.79 Å². The SMILES string of the molecule is Cc1ccc(C(=O)c2cc(F)c(O)c(F)c2)cc1. The second kappa shape index (κ2) is 4.56. The molecule has 1 N–H and O–H groups in total. The molecule has 0 radical (unpaired) electrons. The second-order valence-electron chi connectivity index (χ2n) is 3.98. The molecule has 2 nitrogen and oxygen atoms in total. The van der Waals surface area contributed by atoms with Gasteiger partial charge in [-0.15, -0.1) is 0 Å². The molecule has 0 spiro atoms. The van der Waals surface area contributed by atoms with E-state index in [1.807, 2.05) is 6.92 Å². The monoisotopic (exact) mass is 248 g/mol. The first kappa shape index (κ1) is 12.2. The first-order chi connectivity index (χ1) is 8.49. The molecule has 0 aromatic heterocycles. The van der Waals surface area contributed by atoms with Crippen LogP contribution >= 0.6 is 0 Å². The van der Waals surface area contributed by atoms with Gasteiger partial charge in [-0.1, -0.05) is 29.8 Å². The lowest BCUT2D eigenvalue weighted by molar-refractivity contribution is 0.103. The highest BCUT2D eigenvalue weighted by Gasteiger charge is 2.15. The number of ketones is 1. The van der Waals surface area contributed by atoms with E-state index in [1.165, 1.54) is 0 Å². The van der Waals surface area contributed by atoms with Crippen molar-refractivity contribution in [2.75, 3.05) is 0 Å². The predicted octanol–water partition coefficient (Wildman–Crippen LogP) is 3.21. The van der Waals surface area contributed by atoms with Crippen LogP contribution in [0.2, 0.25) is 0 Å². The van der Waals surface area contributed by atoms with Crippen molar-refractivity contribution < 1.29 is 18.7 Å². The minimum Gasteiger partial charge on any atom is -0.503 e. The highest BCUT2D eigenvalue weighted by atomic mass is 19.1. The third-order valence-corrected chi connectivity index (χ3v) is 2.59. The van der Waals surface area contributed by atoms with Crippen LogP contribution in [0.3, 0.4) is 0 Å². The van der Waals surface area contributed by atoms with Gasteiger partial charge in [-0.05, 0) is 19.1 Å². The third-order valence-electron chi connectivity index (χ3n) is 2.59. The first-order valence-corrected chi connectivity index (χ1v) is 5.28. The molecule has 0 heterocycles. The maximum atomic E-state index is 13.1. The zero-order valence-corrected chi connectivity index (χ0v) is 9.58. The van der Waals surface area contributed by atoms with Gasteiger partial charge < -0.3 is 5.11 Å². The topological polar surface area (TPSA) is 37.3 Å². The number of phenols is 1. The van der Waals surface area contributed by atoms with Crippen LogP contribution in [0.15, 0.2) is 36.4 Å². The highest BCUT2D eigenvalue weighted by molar-refractivity contribution is 6.09. The van der Waals surface area contributed by atoms with Crippen LogP contribution in [0.25, 0.3) is 0 Å². The number of phenolic OH excluding ortho intramolecular Hbond substituents is 1. The number of hydrogen-bond acceptors (Lipinski definition) is 2. The zero-order chi connectivity index (χ0) is 13.3. The molecule has 0 amide bonds. The van der Waals surface area contributed by atoms with Crippen molar-refractivity contribution in [3.8, 4) is 5.75 Å². The lowest BCUT2D eigenvalue weighted by atomic mass is 10.0. The maximum absolute atomic E-state index is 13.1. The lowest BCUT2D eigenvalue weighted by Gasteiger charge is -2.04. The molecular weight excluding hydrogens is 238 g/mol. The van der Waals surface area contributed by atoms with E-state index in [9.17, 15) is 13.6 Å². The van der Waals surface area contributed by atoms with Crippen LogP contribution in [0, 0.1) is 18.6 Å². The molecule has 0 fully saturated rings. The van der Waals surface area contributed by atoms with Gasteiger partial charge in [0, 0.05) is 11.1 Å². The van der Waals surface area contributed by atoms with E-state index in [0.29, 0.717) is 5.56 Å². The van der Waals surface area contributed by atoms with Gasteiger partial charge >= 0.3 is 0 Å². The molecule has 92 valence electrons. The Kier molecular flexibility index (Phi) is 3.10. The number of aromatic hydroxyl groups is 1. The average Bonchev–Trinajstić information content (AvgIpc) is 2.35. The molecule has 0 aliphatic carbocycles. The molecule has 0 atom stereocenters. The molecule has 0 aliphatic heterocycles. The fourth-order valence-corrected chi connectivity index (χ4v) is 1.57. The largest absolute Gasteiger partial charge is 0.503 e. The first-order valence-electron chi connectivity index (χ1n) is 5.28. The fraction of sp³-hybridized carbons (Fsp3) is 0.0714. The summed E-state index contributed by atoms with van der Waals surface area (Å²) in [6, 6.07) is 8.28. The van der Waals surface area contributed by atoms with Crippen LogP contribution in [-0.4, -0.2) is 10.9 Å². The Bertz CT molecular complexity index is 581. The number of aryl methyl sites for hydroxylation is 1. The van der Waals surface area contributed by atoms with Crippen molar-refractivity contribution >= 4 is 5.78 Å². The Labute approximate surface area is 103 Å². The van der Waals surface area contributed by atoms with E-state index in [4.69, 9.17) is 5.11 Å². The van der Waals surface area contributed by atoms with E-state index >= 15 is 0 Å². The Morgan fingerprint density at radius 1 is 1.00 bits per heavy atom. The van der Waals surface area contributed by atoms with Crippen LogP contribution in [0.4, 0.5) is 8.78 Å². The predicted molar refractivity (Wildman–Crippen MR) is 62.6 cm³/mol. The normalized spacial score (nSPS) is 10.4. The molecule has 18 heavy (non-hydrogen) atoms. The number of carbonyl (C=O) groups excluding carboxylic acids is 1. The molecule has 4 heteroatoms. The summed E-state index contributed by atoms with van der Waals surface area (Å²) in [4.78, 5) is 12.0. The van der Waals surface area contributed by atoms with E-state index in [-0.39, 0.29) is 5.56 Å². The van der Waals surface area contributed by atoms with Crippen LogP contribution in [-0.2, 0) is 0 Å². The molecule has 0 unspecified atom stereocenters. The lowest BCUT2D eigenvalue weighted by Crippen LogP contribution is -2.03. The number of rotatable bonds is 2. The quantitative estimate of drug-likeness (QED) is 0.828. The van der Waals surface area contributed by atoms with Gasteiger partial charge in [-0.2, -0.15) is 0 Å². The van der Waals surface area contributed by atoms with Crippen molar-refractivity contribution in [1.82, 2.24) is 0 Å². The van der Waals surface area contributed by atoms with Crippen molar-refractivity contribution in [3.63, 3.8) is 0 Å². The van der Waals surface area contributed by atoms with Crippen molar-refractivity contribution in [2.45, 2.75) is 6.92 Å². The highest BCUT2D eigenvalue weighted by Crippen LogP contribution is 2.23. The van der Waals surface area contributed by atoms with Gasteiger partial charge in [0.05, 0.1) is 0 Å². The van der Waals surface area contributed by atoms with Crippen LogP contribution in [0.5, 0.6) is 5.75 Å². The minimum absolute atomic E-state index is 0.133. The van der Waals surface area contributed by atoms with E-state index in [1.54, 1.807) is 24.3 Å². The van der Waals surface area contributed by atoms with Crippen molar-refractivity contribution in [3.05, 3.63) is 64.7 Å². The van der Waals surface area contributed by atoms with Gasteiger partial charge in [0.15, 0.2) is 23.2 Å². The fourth-order valence-electron chi connectivity index (χ4n) is 1.57. The standard InChI is InChI=1S/C14H10F2O2/c1-8-2-4-9(5-3-8)13(17)10-6-11(15)14(18)12(16)7-10/h2-7,18H,1H3. The number of hydrogen-bond donors (Lipinski definition) is 1. The number of benzene rings is 2. The molecule has 2 rings (SSSR count).